The Hall–Kier alpha value is -1.56. The molecular weight excluding hydrogens is 409 g/mol. The van der Waals surface area contributed by atoms with Crippen molar-refractivity contribution in [3.63, 3.8) is 0 Å². The van der Waals surface area contributed by atoms with Gasteiger partial charge in [0.1, 0.15) is 0 Å². The molecule has 2 atom stereocenters. The molecule has 1 fully saturated rings. The number of anilines is 1. The summed E-state index contributed by atoms with van der Waals surface area (Å²) in [5.74, 6) is 1.83. The number of fused-ring (bicyclic) bond motifs is 1. The molecule has 1 saturated carbocycles. The van der Waals surface area contributed by atoms with Crippen molar-refractivity contribution in [2.75, 3.05) is 11.9 Å². The number of aliphatic imine (C=N–C) groups is 1. The van der Waals surface area contributed by atoms with Crippen LogP contribution in [0.3, 0.4) is 0 Å². The minimum Gasteiger partial charge on any atom is -0.370 e. The molecule has 3 nitrogen and oxygen atoms in total. The number of halogens is 1. The fourth-order valence-electron chi connectivity index (χ4n) is 3.61. The average Bonchev–Trinajstić information content (AvgIpc) is 3.21. The SMILES string of the molecule is I.NC(=NCC1CC1c1ccccc1)Nc1ccc2c(c1)CCC2. The molecule has 24 heavy (non-hydrogen) atoms. The first kappa shape index (κ1) is 17.3. The molecule has 0 heterocycles. The quantitative estimate of drug-likeness (QED) is 0.429. The zero-order chi connectivity index (χ0) is 15.6. The summed E-state index contributed by atoms with van der Waals surface area (Å²) in [6, 6.07) is 17.2. The van der Waals surface area contributed by atoms with Crippen LogP contribution in [0.2, 0.25) is 0 Å². The molecule has 0 amide bonds. The van der Waals surface area contributed by atoms with Gasteiger partial charge >= 0.3 is 0 Å². The summed E-state index contributed by atoms with van der Waals surface area (Å²) in [5.41, 5.74) is 11.5. The number of hydrogen-bond acceptors (Lipinski definition) is 1. The molecule has 2 aliphatic carbocycles. The van der Waals surface area contributed by atoms with Gasteiger partial charge in [-0.05, 0) is 66.3 Å². The summed E-state index contributed by atoms with van der Waals surface area (Å²) < 4.78 is 0. The Bertz CT molecular complexity index is 727. The Balaban J connectivity index is 0.00000169. The van der Waals surface area contributed by atoms with Crippen molar-refractivity contribution >= 4 is 35.6 Å². The number of nitrogens with zero attached hydrogens (tertiary/aromatic N) is 1. The van der Waals surface area contributed by atoms with E-state index in [1.807, 2.05) is 0 Å². The minimum absolute atomic E-state index is 0. The zero-order valence-electron chi connectivity index (χ0n) is 13.7. The largest absolute Gasteiger partial charge is 0.370 e. The number of aryl methyl sites for hydroxylation is 2. The van der Waals surface area contributed by atoms with Gasteiger partial charge in [-0.2, -0.15) is 0 Å². The predicted molar refractivity (Wildman–Crippen MR) is 111 cm³/mol. The van der Waals surface area contributed by atoms with E-state index in [1.54, 1.807) is 0 Å². The number of nitrogens with two attached hydrogens (primary N) is 1. The average molecular weight is 433 g/mol. The number of rotatable bonds is 4. The molecule has 0 aliphatic heterocycles. The first-order chi connectivity index (χ1) is 11.3. The van der Waals surface area contributed by atoms with Crippen molar-refractivity contribution in [1.82, 2.24) is 0 Å². The van der Waals surface area contributed by atoms with E-state index in [0.29, 0.717) is 17.8 Å². The van der Waals surface area contributed by atoms with Crippen LogP contribution in [0.25, 0.3) is 0 Å². The molecule has 4 rings (SSSR count). The molecule has 0 spiro atoms. The number of nitrogens with one attached hydrogen (secondary N) is 1. The molecule has 2 unspecified atom stereocenters. The van der Waals surface area contributed by atoms with Crippen LogP contribution >= 0.6 is 24.0 Å². The molecule has 2 aromatic carbocycles. The van der Waals surface area contributed by atoms with Gasteiger partial charge in [0.15, 0.2) is 5.96 Å². The van der Waals surface area contributed by atoms with Crippen molar-refractivity contribution < 1.29 is 0 Å². The van der Waals surface area contributed by atoms with E-state index in [9.17, 15) is 0 Å². The third-order valence-electron chi connectivity index (χ3n) is 5.02. The van der Waals surface area contributed by atoms with Crippen molar-refractivity contribution in [3.8, 4) is 0 Å². The second-order valence-electron chi connectivity index (χ2n) is 6.70. The molecule has 3 N–H and O–H groups in total. The molecule has 0 bridgehead atoms. The summed E-state index contributed by atoms with van der Waals surface area (Å²) in [6.07, 6.45) is 4.88. The molecule has 0 aromatic heterocycles. The van der Waals surface area contributed by atoms with Crippen molar-refractivity contribution in [3.05, 3.63) is 65.2 Å². The maximum absolute atomic E-state index is 6.05. The first-order valence-corrected chi connectivity index (χ1v) is 8.53. The third-order valence-corrected chi connectivity index (χ3v) is 5.02. The Morgan fingerprint density at radius 1 is 1.08 bits per heavy atom. The van der Waals surface area contributed by atoms with E-state index in [4.69, 9.17) is 5.73 Å². The predicted octanol–water partition coefficient (Wildman–Crippen LogP) is 4.32. The maximum Gasteiger partial charge on any atom is 0.193 e. The summed E-state index contributed by atoms with van der Waals surface area (Å²) in [5, 5.41) is 3.24. The van der Waals surface area contributed by atoms with Gasteiger partial charge < -0.3 is 11.1 Å². The third kappa shape index (κ3) is 3.91. The minimum atomic E-state index is 0. The van der Waals surface area contributed by atoms with Crippen LogP contribution in [0.1, 0.15) is 35.4 Å². The van der Waals surface area contributed by atoms with Gasteiger partial charge in [-0.3, -0.25) is 4.99 Å². The molecule has 126 valence electrons. The van der Waals surface area contributed by atoms with Gasteiger partial charge in [-0.1, -0.05) is 36.4 Å². The lowest BCUT2D eigenvalue weighted by atomic mass is 10.1. The highest BCUT2D eigenvalue weighted by atomic mass is 127. The van der Waals surface area contributed by atoms with E-state index in [2.05, 4.69) is 58.8 Å². The van der Waals surface area contributed by atoms with Crippen LogP contribution in [0.15, 0.2) is 53.5 Å². The smallest absolute Gasteiger partial charge is 0.193 e. The molecule has 0 saturated heterocycles. The monoisotopic (exact) mass is 433 g/mol. The fraction of sp³-hybridized carbons (Fsp3) is 0.350. The second kappa shape index (κ2) is 7.55. The van der Waals surface area contributed by atoms with Crippen molar-refractivity contribution in [1.29, 1.82) is 0 Å². The van der Waals surface area contributed by atoms with Crippen molar-refractivity contribution in [2.45, 2.75) is 31.6 Å². The highest BCUT2D eigenvalue weighted by molar-refractivity contribution is 14.0. The van der Waals surface area contributed by atoms with E-state index in [1.165, 1.54) is 42.4 Å². The summed E-state index contributed by atoms with van der Waals surface area (Å²) in [4.78, 5) is 4.53. The Labute approximate surface area is 160 Å². The molecule has 2 aromatic rings. The van der Waals surface area contributed by atoms with Crippen LogP contribution in [0.5, 0.6) is 0 Å². The number of benzene rings is 2. The lowest BCUT2D eigenvalue weighted by Gasteiger charge is -2.08. The number of hydrogen-bond donors (Lipinski definition) is 2. The van der Waals surface area contributed by atoms with E-state index >= 15 is 0 Å². The first-order valence-electron chi connectivity index (χ1n) is 8.53. The van der Waals surface area contributed by atoms with Crippen LogP contribution in [0.4, 0.5) is 5.69 Å². The Morgan fingerprint density at radius 3 is 2.71 bits per heavy atom. The molecule has 0 radical (unpaired) electrons. The van der Waals surface area contributed by atoms with Gasteiger partial charge in [0, 0.05) is 12.2 Å². The fourth-order valence-corrected chi connectivity index (χ4v) is 3.61. The normalized spacial score (nSPS) is 21.8. The van der Waals surface area contributed by atoms with Crippen LogP contribution < -0.4 is 11.1 Å². The van der Waals surface area contributed by atoms with Crippen LogP contribution in [-0.4, -0.2) is 12.5 Å². The van der Waals surface area contributed by atoms with Crippen LogP contribution in [-0.2, 0) is 12.8 Å². The number of guanidine groups is 1. The molecule has 2 aliphatic rings. The van der Waals surface area contributed by atoms with Crippen molar-refractivity contribution in [2.24, 2.45) is 16.6 Å². The zero-order valence-corrected chi connectivity index (χ0v) is 16.1. The van der Waals surface area contributed by atoms with Gasteiger partial charge in [-0.15, -0.1) is 24.0 Å². The van der Waals surface area contributed by atoms with Gasteiger partial charge in [-0.25, -0.2) is 0 Å². The van der Waals surface area contributed by atoms with E-state index < -0.39 is 0 Å². The lowest BCUT2D eigenvalue weighted by Crippen LogP contribution is -2.23. The van der Waals surface area contributed by atoms with Gasteiger partial charge in [0.25, 0.3) is 0 Å². The highest BCUT2D eigenvalue weighted by Crippen LogP contribution is 2.47. The van der Waals surface area contributed by atoms with Gasteiger partial charge in [0.2, 0.25) is 0 Å². The summed E-state index contributed by atoms with van der Waals surface area (Å²) in [7, 11) is 0. The van der Waals surface area contributed by atoms with Gasteiger partial charge in [0.05, 0.1) is 0 Å². The molecular formula is C20H24IN3. The van der Waals surface area contributed by atoms with Crippen LogP contribution in [0, 0.1) is 5.92 Å². The second-order valence-corrected chi connectivity index (χ2v) is 6.70. The maximum atomic E-state index is 6.05. The molecule has 4 heteroatoms. The summed E-state index contributed by atoms with van der Waals surface area (Å²) >= 11 is 0. The lowest BCUT2D eigenvalue weighted by molar-refractivity contribution is 0.809. The topological polar surface area (TPSA) is 50.4 Å². The van der Waals surface area contributed by atoms with E-state index in [-0.39, 0.29) is 24.0 Å². The Kier molecular flexibility index (Phi) is 5.43. The Morgan fingerprint density at radius 2 is 1.88 bits per heavy atom. The standard InChI is InChI=1S/C20H23N3.HI/c21-20(23-18-10-9-14-7-4-8-16(14)11-18)22-13-17-12-19(17)15-5-2-1-3-6-15;/h1-3,5-6,9-11,17,19H,4,7-8,12-13H2,(H3,21,22,23);1H. The highest BCUT2D eigenvalue weighted by Gasteiger charge is 2.37. The summed E-state index contributed by atoms with van der Waals surface area (Å²) in [6.45, 7) is 0.809. The van der Waals surface area contributed by atoms with E-state index in [0.717, 1.165) is 12.2 Å².